The third kappa shape index (κ3) is 2.96. The van der Waals surface area contributed by atoms with Gasteiger partial charge >= 0.3 is 0 Å². The average Bonchev–Trinajstić information content (AvgIpc) is 2.98. The summed E-state index contributed by atoms with van der Waals surface area (Å²) in [5.74, 6) is 0.292. The van der Waals surface area contributed by atoms with Crippen molar-refractivity contribution >= 4 is 28.7 Å². The second-order valence-electron chi connectivity index (χ2n) is 5.08. The van der Waals surface area contributed by atoms with Crippen molar-refractivity contribution in [3.05, 3.63) is 16.4 Å². The molecule has 0 aliphatic carbocycles. The zero-order valence-corrected chi connectivity index (χ0v) is 13.2. The lowest BCUT2D eigenvalue weighted by Crippen LogP contribution is -2.30. The molecule has 0 saturated carbocycles. The largest absolute Gasteiger partial charge is 0.391 e. The molecule has 0 spiro atoms. The molecule has 0 radical (unpaired) electrons. The summed E-state index contributed by atoms with van der Waals surface area (Å²) in [5.41, 5.74) is 2.14. The number of nitrogens with one attached hydrogen (secondary N) is 2. The molecule has 0 aromatic carbocycles. The van der Waals surface area contributed by atoms with E-state index in [1.54, 1.807) is 11.3 Å². The Hall–Kier alpha value is -0.730. The van der Waals surface area contributed by atoms with E-state index in [0.29, 0.717) is 12.5 Å². The molecule has 3 rings (SSSR count). The van der Waals surface area contributed by atoms with Gasteiger partial charge in [-0.1, -0.05) is 11.3 Å². The molecule has 0 amide bonds. The molecule has 112 valence electrons. The van der Waals surface area contributed by atoms with Gasteiger partial charge in [0.2, 0.25) is 4.96 Å². The Morgan fingerprint density at radius 2 is 2.25 bits per heavy atom. The lowest BCUT2D eigenvalue weighted by Gasteiger charge is -2.13. The molecule has 1 aliphatic heterocycles. The molecule has 8 heteroatoms. The van der Waals surface area contributed by atoms with Crippen LogP contribution in [-0.4, -0.2) is 45.4 Å². The molecule has 1 fully saturated rings. The minimum absolute atomic E-state index is 0. The van der Waals surface area contributed by atoms with Gasteiger partial charge in [-0.25, -0.2) is 9.50 Å². The lowest BCUT2D eigenvalue weighted by atomic mass is 10.1. The Morgan fingerprint density at radius 1 is 1.45 bits per heavy atom. The topological polar surface area (TPSA) is 74.5 Å². The maximum Gasteiger partial charge on any atom is 0.212 e. The maximum absolute atomic E-state index is 9.75. The van der Waals surface area contributed by atoms with Crippen LogP contribution in [0, 0.1) is 19.8 Å². The number of rotatable bonds is 4. The van der Waals surface area contributed by atoms with Gasteiger partial charge in [-0.3, -0.25) is 0 Å². The molecule has 20 heavy (non-hydrogen) atoms. The fourth-order valence-electron chi connectivity index (χ4n) is 2.49. The summed E-state index contributed by atoms with van der Waals surface area (Å²) in [7, 11) is 0. The molecule has 6 nitrogen and oxygen atoms in total. The van der Waals surface area contributed by atoms with Crippen LogP contribution in [0.4, 0.5) is 0 Å². The molecule has 3 heterocycles. The van der Waals surface area contributed by atoms with Crippen LogP contribution >= 0.6 is 23.7 Å². The van der Waals surface area contributed by atoms with Gasteiger partial charge in [-0.15, -0.1) is 12.4 Å². The Balaban J connectivity index is 0.00000147. The van der Waals surface area contributed by atoms with E-state index in [-0.39, 0.29) is 18.5 Å². The molecule has 2 aromatic rings. The van der Waals surface area contributed by atoms with Crippen LogP contribution in [0.25, 0.3) is 4.96 Å². The SMILES string of the molecule is Cc1nn2c(CNCC3CNCC3O)c(C)nc2s1.Cl. The molecular formula is C12H20ClN5OS. The first-order chi connectivity index (χ1) is 9.15. The third-order valence-electron chi connectivity index (χ3n) is 3.60. The van der Waals surface area contributed by atoms with Crippen LogP contribution < -0.4 is 10.6 Å². The van der Waals surface area contributed by atoms with Crippen LogP contribution in [0.3, 0.4) is 0 Å². The standard InChI is InChI=1S/C12H19N5OS.ClH/c1-7-10(17-12(15-7)19-8(2)16-17)5-13-3-9-4-14-6-11(9)18;/h9,11,13-14,18H,3-6H2,1-2H3;1H. The van der Waals surface area contributed by atoms with Crippen molar-refractivity contribution in [2.24, 2.45) is 5.92 Å². The predicted octanol–water partition coefficient (Wildman–Crippen LogP) is 0.499. The van der Waals surface area contributed by atoms with Gasteiger partial charge in [0.25, 0.3) is 0 Å². The number of aromatic nitrogens is 3. The fraction of sp³-hybridized carbons (Fsp3) is 0.667. The first-order valence-electron chi connectivity index (χ1n) is 6.56. The lowest BCUT2D eigenvalue weighted by molar-refractivity contribution is 0.146. The fourth-order valence-corrected chi connectivity index (χ4v) is 3.30. The van der Waals surface area contributed by atoms with Crippen molar-refractivity contribution in [1.82, 2.24) is 25.2 Å². The van der Waals surface area contributed by atoms with E-state index in [1.807, 2.05) is 18.4 Å². The van der Waals surface area contributed by atoms with Gasteiger partial charge in [0.1, 0.15) is 5.01 Å². The number of aryl methyl sites for hydroxylation is 2. The number of nitrogens with zero attached hydrogens (tertiary/aromatic N) is 3. The highest BCUT2D eigenvalue weighted by molar-refractivity contribution is 7.16. The van der Waals surface area contributed by atoms with Crippen molar-refractivity contribution < 1.29 is 5.11 Å². The van der Waals surface area contributed by atoms with Crippen LogP contribution in [-0.2, 0) is 6.54 Å². The highest BCUT2D eigenvalue weighted by Gasteiger charge is 2.24. The van der Waals surface area contributed by atoms with Gasteiger partial charge in [-0.05, 0) is 13.8 Å². The first-order valence-corrected chi connectivity index (χ1v) is 7.38. The predicted molar refractivity (Wildman–Crippen MR) is 81.7 cm³/mol. The molecule has 2 atom stereocenters. The molecule has 0 bridgehead atoms. The van der Waals surface area contributed by atoms with E-state index in [1.165, 1.54) is 0 Å². The minimum atomic E-state index is -0.236. The van der Waals surface area contributed by atoms with Gasteiger partial charge in [0.15, 0.2) is 0 Å². The highest BCUT2D eigenvalue weighted by Crippen LogP contribution is 2.17. The Bertz CT molecular complexity index is 584. The van der Waals surface area contributed by atoms with Crippen LogP contribution in [0.1, 0.15) is 16.4 Å². The summed E-state index contributed by atoms with van der Waals surface area (Å²) in [6, 6.07) is 0. The van der Waals surface area contributed by atoms with E-state index < -0.39 is 0 Å². The van der Waals surface area contributed by atoms with Crippen LogP contribution in [0.5, 0.6) is 0 Å². The summed E-state index contributed by atoms with van der Waals surface area (Å²) in [4.78, 5) is 5.47. The molecule has 3 N–H and O–H groups in total. The highest BCUT2D eigenvalue weighted by atomic mass is 35.5. The van der Waals surface area contributed by atoms with Crippen LogP contribution in [0.2, 0.25) is 0 Å². The van der Waals surface area contributed by atoms with E-state index in [0.717, 1.165) is 41.0 Å². The number of hydrogen-bond donors (Lipinski definition) is 3. The maximum atomic E-state index is 9.75. The summed E-state index contributed by atoms with van der Waals surface area (Å²) < 4.78 is 1.92. The number of fused-ring (bicyclic) bond motifs is 1. The van der Waals surface area contributed by atoms with E-state index in [9.17, 15) is 5.11 Å². The monoisotopic (exact) mass is 317 g/mol. The zero-order chi connectivity index (χ0) is 13.4. The smallest absolute Gasteiger partial charge is 0.212 e. The first kappa shape index (κ1) is 15.7. The van der Waals surface area contributed by atoms with Gasteiger partial charge < -0.3 is 15.7 Å². The Labute approximate surface area is 128 Å². The van der Waals surface area contributed by atoms with Crippen molar-refractivity contribution in [3.8, 4) is 0 Å². The minimum Gasteiger partial charge on any atom is -0.391 e. The molecular weight excluding hydrogens is 298 g/mol. The normalized spacial score (nSPS) is 22.4. The number of aliphatic hydroxyl groups excluding tert-OH is 1. The third-order valence-corrected chi connectivity index (χ3v) is 4.42. The quantitative estimate of drug-likeness (QED) is 0.766. The average molecular weight is 318 g/mol. The van der Waals surface area contributed by atoms with E-state index in [2.05, 4.69) is 20.7 Å². The molecule has 2 unspecified atom stereocenters. The van der Waals surface area contributed by atoms with E-state index in [4.69, 9.17) is 0 Å². The Kier molecular flexibility index (Phi) is 4.98. The van der Waals surface area contributed by atoms with Crippen molar-refractivity contribution in [3.63, 3.8) is 0 Å². The number of hydrogen-bond acceptors (Lipinski definition) is 6. The van der Waals surface area contributed by atoms with Gasteiger partial charge in [0, 0.05) is 32.1 Å². The summed E-state index contributed by atoms with van der Waals surface area (Å²) in [6.45, 7) is 7.13. The summed E-state index contributed by atoms with van der Waals surface area (Å²) in [6.07, 6.45) is -0.236. The van der Waals surface area contributed by atoms with Crippen molar-refractivity contribution in [2.75, 3.05) is 19.6 Å². The molecule has 1 saturated heterocycles. The van der Waals surface area contributed by atoms with Gasteiger partial charge in [0.05, 0.1) is 17.5 Å². The summed E-state index contributed by atoms with van der Waals surface area (Å²) in [5, 5.41) is 21.8. The second-order valence-corrected chi connectivity index (χ2v) is 6.24. The van der Waals surface area contributed by atoms with Crippen molar-refractivity contribution in [2.45, 2.75) is 26.5 Å². The molecule has 2 aromatic heterocycles. The number of aliphatic hydroxyl groups is 1. The molecule has 1 aliphatic rings. The number of β-amino-alcohol motifs (C(OH)–C–C–N with tert-alkyl or cyclic N) is 1. The Morgan fingerprint density at radius 3 is 2.95 bits per heavy atom. The van der Waals surface area contributed by atoms with Crippen molar-refractivity contribution in [1.29, 1.82) is 0 Å². The second kappa shape index (κ2) is 6.36. The number of halogens is 1. The van der Waals surface area contributed by atoms with E-state index >= 15 is 0 Å². The zero-order valence-electron chi connectivity index (χ0n) is 11.6. The number of imidazole rings is 1. The summed E-state index contributed by atoms with van der Waals surface area (Å²) >= 11 is 1.61. The van der Waals surface area contributed by atoms with Gasteiger partial charge in [-0.2, -0.15) is 5.10 Å². The van der Waals surface area contributed by atoms with Crippen LogP contribution in [0.15, 0.2) is 0 Å².